The maximum Gasteiger partial charge on any atom is 0.244 e. The number of ether oxygens (including phenoxy) is 2. The average Bonchev–Trinajstić information content (AvgIpc) is 2.74. The lowest BCUT2D eigenvalue weighted by molar-refractivity contribution is -0.116. The number of carbonyl (C=O) groups is 1. The van der Waals surface area contributed by atoms with Crippen molar-refractivity contribution < 1.29 is 18.7 Å². The smallest absolute Gasteiger partial charge is 0.244 e. The minimum atomic E-state index is -0.269. The first kappa shape index (κ1) is 20.0. The zero-order valence-electron chi connectivity index (χ0n) is 15.9. The van der Waals surface area contributed by atoms with Gasteiger partial charge in [-0.2, -0.15) is 0 Å². The highest BCUT2D eigenvalue weighted by Gasteiger charge is 2.23. The van der Waals surface area contributed by atoms with Gasteiger partial charge in [0.15, 0.2) is 0 Å². The Morgan fingerprint density at radius 2 is 2.00 bits per heavy atom. The van der Waals surface area contributed by atoms with Crippen molar-refractivity contribution in [3.05, 3.63) is 71.6 Å². The van der Waals surface area contributed by atoms with Gasteiger partial charge in [-0.05, 0) is 41.5 Å². The monoisotopic (exact) mass is 384 g/mol. The molecule has 0 aromatic heterocycles. The van der Waals surface area contributed by atoms with Crippen LogP contribution in [0.3, 0.4) is 0 Å². The van der Waals surface area contributed by atoms with Gasteiger partial charge in [0, 0.05) is 25.7 Å². The normalized spacial score (nSPS) is 16.1. The quantitative estimate of drug-likeness (QED) is 0.746. The summed E-state index contributed by atoms with van der Waals surface area (Å²) in [5, 5.41) is 2.96. The maximum absolute atomic E-state index is 13.3. The summed E-state index contributed by atoms with van der Waals surface area (Å²) in [6.45, 7) is 3.30. The molecule has 1 atom stereocenters. The molecule has 1 fully saturated rings. The Bertz CT molecular complexity index is 802. The molecule has 0 radical (unpaired) electrons. The van der Waals surface area contributed by atoms with Gasteiger partial charge in [0.25, 0.3) is 0 Å². The van der Waals surface area contributed by atoms with Crippen LogP contribution < -0.4 is 10.1 Å². The van der Waals surface area contributed by atoms with Gasteiger partial charge in [0.2, 0.25) is 5.91 Å². The van der Waals surface area contributed by atoms with E-state index in [4.69, 9.17) is 9.47 Å². The topological polar surface area (TPSA) is 50.8 Å². The Kier molecular flexibility index (Phi) is 7.17. The predicted octanol–water partition coefficient (Wildman–Crippen LogP) is 3.04. The summed E-state index contributed by atoms with van der Waals surface area (Å²) < 4.78 is 23.9. The van der Waals surface area contributed by atoms with Crippen molar-refractivity contribution in [3.63, 3.8) is 0 Å². The molecule has 0 spiro atoms. The van der Waals surface area contributed by atoms with E-state index in [1.165, 1.54) is 18.2 Å². The van der Waals surface area contributed by atoms with Crippen LogP contribution in [0.5, 0.6) is 5.75 Å². The number of nitrogens with one attached hydrogen (secondary N) is 1. The molecule has 6 heteroatoms. The van der Waals surface area contributed by atoms with Gasteiger partial charge in [-0.1, -0.05) is 24.3 Å². The molecular formula is C22H25FN2O3. The zero-order valence-corrected chi connectivity index (χ0v) is 15.9. The molecule has 1 aliphatic heterocycles. The van der Waals surface area contributed by atoms with Crippen molar-refractivity contribution in [1.29, 1.82) is 0 Å². The maximum atomic E-state index is 13.3. The Hall–Kier alpha value is -2.70. The fourth-order valence-corrected chi connectivity index (χ4v) is 3.21. The second-order valence-corrected chi connectivity index (χ2v) is 6.57. The molecule has 3 rings (SSSR count). The number of hydrogen-bond donors (Lipinski definition) is 1. The van der Waals surface area contributed by atoms with E-state index in [9.17, 15) is 9.18 Å². The number of carbonyl (C=O) groups excluding carboxylic acids is 1. The number of halogens is 1. The van der Waals surface area contributed by atoms with Crippen LogP contribution in [0.4, 0.5) is 4.39 Å². The lowest BCUT2D eigenvalue weighted by Crippen LogP contribution is -2.43. The lowest BCUT2D eigenvalue weighted by atomic mass is 10.0. The average molecular weight is 384 g/mol. The van der Waals surface area contributed by atoms with Crippen LogP contribution in [0.2, 0.25) is 0 Å². The molecule has 2 aromatic carbocycles. The molecule has 0 saturated carbocycles. The lowest BCUT2D eigenvalue weighted by Gasteiger charge is -2.34. The highest BCUT2D eigenvalue weighted by Crippen LogP contribution is 2.21. The standard InChI is InChI=1S/C22H25FN2O3/c1-27-20-4-2-3-17(15-20)5-10-22(26)24-16-21(25-11-13-28-14-12-25)18-6-8-19(23)9-7-18/h2-10,15,21H,11-14,16H2,1H3,(H,24,26)/b10-5+. The second-order valence-electron chi connectivity index (χ2n) is 6.57. The molecule has 1 aliphatic rings. The first-order chi connectivity index (χ1) is 13.7. The molecule has 1 unspecified atom stereocenters. The largest absolute Gasteiger partial charge is 0.497 e. The van der Waals surface area contributed by atoms with E-state index in [0.717, 1.165) is 30.0 Å². The molecule has 28 heavy (non-hydrogen) atoms. The zero-order chi connectivity index (χ0) is 19.8. The van der Waals surface area contributed by atoms with Gasteiger partial charge >= 0.3 is 0 Å². The summed E-state index contributed by atoms with van der Waals surface area (Å²) >= 11 is 0. The van der Waals surface area contributed by atoms with E-state index >= 15 is 0 Å². The second kappa shape index (κ2) is 10.0. The first-order valence-electron chi connectivity index (χ1n) is 9.33. The van der Waals surface area contributed by atoms with Crippen molar-refractivity contribution in [2.75, 3.05) is 40.0 Å². The van der Waals surface area contributed by atoms with Crippen LogP contribution in [-0.2, 0) is 9.53 Å². The van der Waals surface area contributed by atoms with Crippen LogP contribution in [0.25, 0.3) is 6.08 Å². The summed E-state index contributed by atoms with van der Waals surface area (Å²) in [7, 11) is 1.61. The number of benzene rings is 2. The molecule has 148 valence electrons. The van der Waals surface area contributed by atoms with Crippen molar-refractivity contribution in [1.82, 2.24) is 10.2 Å². The molecular weight excluding hydrogens is 359 g/mol. The number of methoxy groups -OCH3 is 1. The van der Waals surface area contributed by atoms with Gasteiger partial charge < -0.3 is 14.8 Å². The Morgan fingerprint density at radius 1 is 1.25 bits per heavy atom. The molecule has 0 aliphatic carbocycles. The van der Waals surface area contributed by atoms with Crippen molar-refractivity contribution in [3.8, 4) is 5.75 Å². The van der Waals surface area contributed by atoms with Gasteiger partial charge in [-0.3, -0.25) is 9.69 Å². The van der Waals surface area contributed by atoms with Gasteiger partial charge in [0.1, 0.15) is 11.6 Å². The molecule has 1 N–H and O–H groups in total. The minimum Gasteiger partial charge on any atom is -0.497 e. The molecule has 1 amide bonds. The van der Waals surface area contributed by atoms with Gasteiger partial charge in [-0.15, -0.1) is 0 Å². The number of morpholine rings is 1. The van der Waals surface area contributed by atoms with Crippen LogP contribution in [0, 0.1) is 5.82 Å². The number of hydrogen-bond acceptors (Lipinski definition) is 4. The third kappa shape index (κ3) is 5.65. The van der Waals surface area contributed by atoms with E-state index in [2.05, 4.69) is 10.2 Å². The number of nitrogens with zero attached hydrogens (tertiary/aromatic N) is 1. The SMILES string of the molecule is COc1cccc(/C=C/C(=O)NCC(c2ccc(F)cc2)N2CCOCC2)c1. The predicted molar refractivity (Wildman–Crippen MR) is 107 cm³/mol. The molecule has 1 heterocycles. The first-order valence-corrected chi connectivity index (χ1v) is 9.33. The van der Waals surface area contributed by atoms with E-state index < -0.39 is 0 Å². The summed E-state index contributed by atoms with van der Waals surface area (Å²) in [5.41, 5.74) is 1.86. The third-order valence-electron chi connectivity index (χ3n) is 4.73. The molecule has 2 aromatic rings. The fraction of sp³-hybridized carbons (Fsp3) is 0.318. The summed E-state index contributed by atoms with van der Waals surface area (Å²) in [6.07, 6.45) is 3.26. The Labute approximate surface area is 164 Å². The van der Waals surface area contributed by atoms with Crippen LogP contribution in [0.15, 0.2) is 54.6 Å². The number of amides is 1. The molecule has 1 saturated heterocycles. The fourth-order valence-electron chi connectivity index (χ4n) is 3.21. The third-order valence-corrected chi connectivity index (χ3v) is 4.73. The van der Waals surface area contributed by atoms with Crippen molar-refractivity contribution >= 4 is 12.0 Å². The van der Waals surface area contributed by atoms with Crippen molar-refractivity contribution in [2.45, 2.75) is 6.04 Å². The Balaban J connectivity index is 1.64. The minimum absolute atomic E-state index is 0.0290. The highest BCUT2D eigenvalue weighted by atomic mass is 19.1. The van der Waals surface area contributed by atoms with E-state index in [-0.39, 0.29) is 17.8 Å². The van der Waals surface area contributed by atoms with E-state index in [1.807, 2.05) is 24.3 Å². The van der Waals surface area contributed by atoms with Crippen LogP contribution in [-0.4, -0.2) is 50.8 Å². The van der Waals surface area contributed by atoms with Crippen LogP contribution >= 0.6 is 0 Å². The van der Waals surface area contributed by atoms with Crippen molar-refractivity contribution in [2.24, 2.45) is 0 Å². The molecule has 0 bridgehead atoms. The summed E-state index contributed by atoms with van der Waals surface area (Å²) in [4.78, 5) is 14.6. The Morgan fingerprint density at radius 3 is 2.71 bits per heavy atom. The summed E-state index contributed by atoms with van der Waals surface area (Å²) in [5.74, 6) is 0.296. The van der Waals surface area contributed by atoms with Gasteiger partial charge in [0.05, 0.1) is 26.4 Å². The van der Waals surface area contributed by atoms with E-state index in [0.29, 0.717) is 19.8 Å². The van der Waals surface area contributed by atoms with Crippen LogP contribution in [0.1, 0.15) is 17.2 Å². The van der Waals surface area contributed by atoms with E-state index in [1.54, 1.807) is 25.3 Å². The highest BCUT2D eigenvalue weighted by molar-refractivity contribution is 5.91. The number of rotatable bonds is 7. The molecule has 5 nitrogen and oxygen atoms in total. The summed E-state index contributed by atoms with van der Waals surface area (Å²) in [6, 6.07) is 13.9. The van der Waals surface area contributed by atoms with Gasteiger partial charge in [-0.25, -0.2) is 4.39 Å².